The standard InChI is InChI=1S/C27H26N2O4/c1-3-9-19-14-15-24(25(16-19)32-2)33-18-21(30)17-29-27(31)23-13-8-7-12-22(23)26(28-29)20-10-5-4-6-11-20/h3-8,10-16,21,30H,1,9,17-18H2,2H3/t21-/m1/s1. The minimum absolute atomic E-state index is 0.000361. The fraction of sp³-hybridized carbons (Fsp3) is 0.185. The Morgan fingerprint density at radius 2 is 1.76 bits per heavy atom. The van der Waals surface area contributed by atoms with E-state index in [-0.39, 0.29) is 18.7 Å². The highest BCUT2D eigenvalue weighted by Gasteiger charge is 2.16. The fourth-order valence-electron chi connectivity index (χ4n) is 3.73. The van der Waals surface area contributed by atoms with Gasteiger partial charge in [-0.1, -0.05) is 60.7 Å². The van der Waals surface area contributed by atoms with Crippen molar-refractivity contribution in [2.45, 2.75) is 19.1 Å². The smallest absolute Gasteiger partial charge is 0.274 e. The zero-order valence-corrected chi connectivity index (χ0v) is 18.5. The molecule has 1 N–H and O–H groups in total. The maximum Gasteiger partial charge on any atom is 0.274 e. The van der Waals surface area contributed by atoms with E-state index in [2.05, 4.69) is 11.7 Å². The van der Waals surface area contributed by atoms with Crippen molar-refractivity contribution in [2.24, 2.45) is 0 Å². The summed E-state index contributed by atoms with van der Waals surface area (Å²) in [6.07, 6.45) is 1.59. The second kappa shape index (κ2) is 10.1. The van der Waals surface area contributed by atoms with E-state index in [9.17, 15) is 9.90 Å². The van der Waals surface area contributed by atoms with E-state index in [1.54, 1.807) is 19.2 Å². The van der Waals surface area contributed by atoms with E-state index in [0.717, 1.165) is 22.9 Å². The van der Waals surface area contributed by atoms with Gasteiger partial charge in [-0.15, -0.1) is 6.58 Å². The Labute approximate surface area is 192 Å². The van der Waals surface area contributed by atoms with Crippen LogP contribution in [0.3, 0.4) is 0 Å². The van der Waals surface area contributed by atoms with Crippen LogP contribution in [-0.2, 0) is 13.0 Å². The highest BCUT2D eigenvalue weighted by Crippen LogP contribution is 2.29. The molecule has 0 spiro atoms. The molecular weight excluding hydrogens is 416 g/mol. The van der Waals surface area contributed by atoms with E-state index in [1.165, 1.54) is 4.68 Å². The highest BCUT2D eigenvalue weighted by molar-refractivity contribution is 5.93. The van der Waals surface area contributed by atoms with Crippen LogP contribution in [0.2, 0.25) is 0 Å². The van der Waals surface area contributed by atoms with Crippen LogP contribution >= 0.6 is 0 Å². The zero-order valence-electron chi connectivity index (χ0n) is 18.5. The van der Waals surface area contributed by atoms with Gasteiger partial charge in [-0.3, -0.25) is 4.79 Å². The molecule has 6 nitrogen and oxygen atoms in total. The number of allylic oxidation sites excluding steroid dienone is 1. The molecular formula is C27H26N2O4. The Balaban J connectivity index is 1.57. The molecule has 1 heterocycles. The van der Waals surface area contributed by atoms with Gasteiger partial charge in [0, 0.05) is 10.9 Å². The van der Waals surface area contributed by atoms with Gasteiger partial charge in [-0.25, -0.2) is 4.68 Å². The van der Waals surface area contributed by atoms with Crippen molar-refractivity contribution in [1.29, 1.82) is 0 Å². The summed E-state index contributed by atoms with van der Waals surface area (Å²) < 4.78 is 12.5. The molecule has 0 radical (unpaired) electrons. The summed E-state index contributed by atoms with van der Waals surface area (Å²) in [5.41, 5.74) is 2.39. The third kappa shape index (κ3) is 4.96. The van der Waals surface area contributed by atoms with Crippen molar-refractivity contribution in [3.8, 4) is 22.8 Å². The summed E-state index contributed by atoms with van der Waals surface area (Å²) in [6, 6.07) is 22.7. The van der Waals surface area contributed by atoms with Crippen LogP contribution in [0.5, 0.6) is 11.5 Å². The lowest BCUT2D eigenvalue weighted by molar-refractivity contribution is 0.0868. The molecule has 0 amide bonds. The number of hydrogen-bond donors (Lipinski definition) is 1. The van der Waals surface area contributed by atoms with Crippen molar-refractivity contribution in [1.82, 2.24) is 9.78 Å². The topological polar surface area (TPSA) is 73.6 Å². The van der Waals surface area contributed by atoms with E-state index < -0.39 is 6.10 Å². The Hall–Kier alpha value is -3.90. The molecule has 3 aromatic carbocycles. The summed E-state index contributed by atoms with van der Waals surface area (Å²) in [4.78, 5) is 13.0. The minimum atomic E-state index is -0.947. The third-order valence-electron chi connectivity index (χ3n) is 5.34. The van der Waals surface area contributed by atoms with Crippen LogP contribution in [0.4, 0.5) is 0 Å². The van der Waals surface area contributed by atoms with Gasteiger partial charge in [0.05, 0.1) is 24.7 Å². The monoisotopic (exact) mass is 442 g/mol. The van der Waals surface area contributed by atoms with Crippen molar-refractivity contribution >= 4 is 10.8 Å². The predicted octanol–water partition coefficient (Wildman–Crippen LogP) is 4.24. The van der Waals surface area contributed by atoms with Crippen LogP contribution in [0.25, 0.3) is 22.0 Å². The minimum Gasteiger partial charge on any atom is -0.493 e. The van der Waals surface area contributed by atoms with Crippen LogP contribution in [0.15, 0.2) is 90.2 Å². The normalized spacial score (nSPS) is 11.8. The predicted molar refractivity (Wildman–Crippen MR) is 130 cm³/mol. The van der Waals surface area contributed by atoms with E-state index in [4.69, 9.17) is 9.47 Å². The summed E-state index contributed by atoms with van der Waals surface area (Å²) in [5, 5.41) is 16.6. The van der Waals surface area contributed by atoms with Gasteiger partial charge >= 0.3 is 0 Å². The number of methoxy groups -OCH3 is 1. The summed E-state index contributed by atoms with van der Waals surface area (Å²) in [6.45, 7) is 3.73. The lowest BCUT2D eigenvalue weighted by Gasteiger charge is -2.17. The van der Waals surface area contributed by atoms with Crippen molar-refractivity contribution in [3.05, 3.63) is 101 Å². The maximum atomic E-state index is 13.0. The molecule has 4 rings (SSSR count). The van der Waals surface area contributed by atoms with E-state index >= 15 is 0 Å². The molecule has 0 bridgehead atoms. The summed E-state index contributed by atoms with van der Waals surface area (Å²) >= 11 is 0. The second-order valence-corrected chi connectivity index (χ2v) is 7.69. The SMILES string of the molecule is C=CCc1ccc(OC[C@H](O)Cn2nc(-c3ccccc3)c3ccccc3c2=O)c(OC)c1. The number of benzene rings is 3. The highest BCUT2D eigenvalue weighted by atomic mass is 16.5. The lowest BCUT2D eigenvalue weighted by atomic mass is 10.1. The molecule has 1 aromatic heterocycles. The van der Waals surface area contributed by atoms with Crippen LogP contribution in [-0.4, -0.2) is 34.7 Å². The number of aliphatic hydroxyl groups excluding tert-OH is 1. The van der Waals surface area contributed by atoms with Crippen molar-refractivity contribution < 1.29 is 14.6 Å². The Morgan fingerprint density at radius 1 is 1.03 bits per heavy atom. The fourth-order valence-corrected chi connectivity index (χ4v) is 3.73. The van der Waals surface area contributed by atoms with Crippen molar-refractivity contribution in [2.75, 3.05) is 13.7 Å². The van der Waals surface area contributed by atoms with Gasteiger partial charge in [0.25, 0.3) is 5.56 Å². The van der Waals surface area contributed by atoms with Crippen LogP contribution < -0.4 is 15.0 Å². The first-order valence-electron chi connectivity index (χ1n) is 10.7. The summed E-state index contributed by atoms with van der Waals surface area (Å²) in [5.74, 6) is 1.10. The molecule has 0 aliphatic heterocycles. The van der Waals surface area contributed by atoms with E-state index in [1.807, 2.05) is 66.7 Å². The second-order valence-electron chi connectivity index (χ2n) is 7.69. The molecule has 0 saturated carbocycles. The summed E-state index contributed by atoms with van der Waals surface area (Å²) in [7, 11) is 1.57. The average molecular weight is 443 g/mol. The Bertz CT molecular complexity index is 1320. The number of fused-ring (bicyclic) bond motifs is 1. The molecule has 0 aliphatic rings. The number of hydrogen-bond acceptors (Lipinski definition) is 5. The molecule has 0 unspecified atom stereocenters. The van der Waals surface area contributed by atoms with Gasteiger partial charge < -0.3 is 14.6 Å². The third-order valence-corrected chi connectivity index (χ3v) is 5.34. The Morgan fingerprint density at radius 3 is 2.48 bits per heavy atom. The first kappa shape index (κ1) is 22.3. The number of aromatic nitrogens is 2. The first-order valence-corrected chi connectivity index (χ1v) is 10.7. The average Bonchev–Trinajstić information content (AvgIpc) is 2.85. The largest absolute Gasteiger partial charge is 0.493 e. The number of aliphatic hydroxyl groups is 1. The van der Waals surface area contributed by atoms with Crippen LogP contribution in [0.1, 0.15) is 5.56 Å². The first-order chi connectivity index (χ1) is 16.1. The van der Waals surface area contributed by atoms with Gasteiger partial charge in [0.15, 0.2) is 11.5 Å². The molecule has 0 fully saturated rings. The van der Waals surface area contributed by atoms with Gasteiger partial charge in [0.1, 0.15) is 12.7 Å². The maximum absolute atomic E-state index is 13.0. The van der Waals surface area contributed by atoms with Crippen LogP contribution in [0, 0.1) is 0 Å². The lowest BCUT2D eigenvalue weighted by Crippen LogP contribution is -2.32. The van der Waals surface area contributed by atoms with Crippen molar-refractivity contribution in [3.63, 3.8) is 0 Å². The molecule has 6 heteroatoms. The number of ether oxygens (including phenoxy) is 2. The zero-order chi connectivity index (χ0) is 23.2. The molecule has 1 atom stereocenters. The molecule has 33 heavy (non-hydrogen) atoms. The van der Waals surface area contributed by atoms with Gasteiger partial charge in [-0.2, -0.15) is 5.10 Å². The molecule has 0 aliphatic carbocycles. The molecule has 168 valence electrons. The quantitative estimate of drug-likeness (QED) is 0.393. The van der Waals surface area contributed by atoms with Gasteiger partial charge in [-0.05, 0) is 30.2 Å². The van der Waals surface area contributed by atoms with Gasteiger partial charge in [0.2, 0.25) is 0 Å². The number of nitrogens with zero attached hydrogens (tertiary/aromatic N) is 2. The molecule has 4 aromatic rings. The molecule has 0 saturated heterocycles. The number of rotatable bonds is 9. The Kier molecular flexibility index (Phi) is 6.86. The van der Waals surface area contributed by atoms with E-state index in [0.29, 0.717) is 22.6 Å².